The van der Waals surface area contributed by atoms with Crippen LogP contribution in [-0.2, 0) is 56.9 Å². The third-order valence-corrected chi connectivity index (χ3v) is 12.0. The van der Waals surface area contributed by atoms with E-state index < -0.39 is 194 Å². The molecule has 0 aromatic carbocycles. The van der Waals surface area contributed by atoms with E-state index >= 15 is 0 Å². The van der Waals surface area contributed by atoms with Crippen molar-refractivity contribution in [2.45, 2.75) is 255 Å². The second-order valence-electron chi connectivity index (χ2n) is 25.3. The Bertz CT molecular complexity index is 2160. The molecule has 1 saturated carbocycles. The lowest BCUT2D eigenvalue weighted by atomic mass is 9.83. The van der Waals surface area contributed by atoms with Gasteiger partial charge in [0.25, 0.3) is 0 Å². The monoisotopic (exact) mass is 1180 g/mol. The third kappa shape index (κ3) is 22.2. The highest BCUT2D eigenvalue weighted by Gasteiger charge is 2.56. The van der Waals surface area contributed by atoms with Crippen molar-refractivity contribution in [2.75, 3.05) is 26.2 Å². The first-order chi connectivity index (χ1) is 37.7. The molecule has 82 heavy (non-hydrogen) atoms. The van der Waals surface area contributed by atoms with E-state index in [0.29, 0.717) is 0 Å². The smallest absolute Gasteiger partial charge is 0.408 e. The summed E-state index contributed by atoms with van der Waals surface area (Å²) in [5.41, 5.74) is 1.16. The minimum absolute atomic E-state index is 0.0893. The van der Waals surface area contributed by atoms with Crippen LogP contribution in [0.25, 0.3) is 0 Å². The first-order valence-corrected chi connectivity index (χ1v) is 27.2. The summed E-state index contributed by atoms with van der Waals surface area (Å²) in [6.07, 6.45) is -26.2. The molecular formula is C52H91N7O23. The van der Waals surface area contributed by atoms with Crippen molar-refractivity contribution < 1.29 is 112 Å². The van der Waals surface area contributed by atoms with Crippen molar-refractivity contribution in [3.63, 3.8) is 0 Å². The van der Waals surface area contributed by atoms with E-state index in [-0.39, 0.29) is 19.5 Å². The van der Waals surface area contributed by atoms with Crippen LogP contribution in [0.5, 0.6) is 0 Å². The van der Waals surface area contributed by atoms with Gasteiger partial charge in [0.15, 0.2) is 18.9 Å². The lowest BCUT2D eigenvalue weighted by molar-refractivity contribution is -0.287. The molecule has 1 aliphatic carbocycles. The van der Waals surface area contributed by atoms with Gasteiger partial charge in [-0.25, -0.2) is 24.0 Å². The summed E-state index contributed by atoms with van der Waals surface area (Å²) in [5, 5.41) is 84.5. The van der Waals surface area contributed by atoms with Gasteiger partial charge in [-0.15, -0.1) is 0 Å². The Hall–Kier alpha value is -4.96. The number of amides is 6. The van der Waals surface area contributed by atoms with Crippen LogP contribution < -0.4 is 37.6 Å². The van der Waals surface area contributed by atoms with Crippen molar-refractivity contribution in [1.29, 1.82) is 0 Å². The van der Waals surface area contributed by atoms with Gasteiger partial charge in [0.1, 0.15) is 101 Å². The second kappa shape index (κ2) is 28.7. The normalized spacial score (nSPS) is 32.0. The SMILES string of the molecule is CC(C)(C)OC(=O)NCCC(O)C(=O)NC1CC(NC(=O)OC(C)(C)C)C(OC2OC(CN)C=CC2NC(=O)OC(C)(C)C)C(OC2OC(CO)C(OC3OC(CNC(=O)OC(C)(C)C)C(O)C(O)C3NC(=O)OC(C)(C)C)C2O)C1O. The van der Waals surface area contributed by atoms with Gasteiger partial charge in [-0.05, 0) is 117 Å². The van der Waals surface area contributed by atoms with Gasteiger partial charge in [-0.1, -0.05) is 12.2 Å². The minimum atomic E-state index is -2.01. The Morgan fingerprint density at radius 3 is 1.56 bits per heavy atom. The average molecular weight is 1180 g/mol. The van der Waals surface area contributed by atoms with E-state index in [1.165, 1.54) is 6.08 Å². The minimum Gasteiger partial charge on any atom is -0.444 e. The Labute approximate surface area is 477 Å². The van der Waals surface area contributed by atoms with Gasteiger partial charge in [-0.3, -0.25) is 4.79 Å². The van der Waals surface area contributed by atoms with Gasteiger partial charge in [0.05, 0.1) is 24.8 Å². The van der Waals surface area contributed by atoms with Crippen molar-refractivity contribution in [1.82, 2.24) is 31.9 Å². The Kier molecular flexibility index (Phi) is 24.4. The zero-order valence-electron chi connectivity index (χ0n) is 49.5. The van der Waals surface area contributed by atoms with Gasteiger partial charge in [-0.2, -0.15) is 0 Å². The Balaban J connectivity index is 1.77. The van der Waals surface area contributed by atoms with E-state index in [0.717, 1.165) is 0 Å². The lowest BCUT2D eigenvalue weighted by Crippen LogP contribution is -2.68. The van der Waals surface area contributed by atoms with Crippen LogP contribution >= 0.6 is 0 Å². The molecule has 30 heteroatoms. The Morgan fingerprint density at radius 1 is 0.537 bits per heavy atom. The lowest BCUT2D eigenvalue weighted by Gasteiger charge is -2.47. The quantitative estimate of drug-likeness (QED) is 0.0615. The molecule has 4 aliphatic rings. The van der Waals surface area contributed by atoms with Crippen LogP contribution in [-0.4, -0.2) is 231 Å². The zero-order chi connectivity index (χ0) is 62.0. The van der Waals surface area contributed by atoms with E-state index in [4.69, 9.17) is 57.8 Å². The van der Waals surface area contributed by atoms with Crippen LogP contribution in [0, 0.1) is 0 Å². The average Bonchev–Trinajstić information content (AvgIpc) is 3.69. The number of hydrogen-bond acceptors (Lipinski definition) is 24. The number of carbonyl (C=O) groups excluding carboxylic acids is 6. The van der Waals surface area contributed by atoms with E-state index in [1.54, 1.807) is 110 Å². The van der Waals surface area contributed by atoms with Crippen molar-refractivity contribution in [3.8, 4) is 0 Å². The fraction of sp³-hybridized carbons (Fsp3) is 0.846. The van der Waals surface area contributed by atoms with Crippen LogP contribution in [0.2, 0.25) is 0 Å². The standard InChI is InChI=1S/C52H91N7O23/c1-48(2,3)78-43(67)54-19-18-28(61)39(66)56-26-20-27(58-46(70)81-51(10,11)12)36(75-40-25(17-16-24(21-53)72-40)57-45(69)80-50(7,8)9)38(32(26)62)77-42-35(65)37(30(23-60)74-42)76-41-31(59-47(71)82-52(13,14)15)34(64)33(63)29(73-41)22-55-44(68)79-49(4,5)6/h16-17,24-38,40-42,60-65H,18-23,53H2,1-15H3,(H,54,67)(H,55,68)(H,56,66)(H,57,69)(H,58,70)(H,59,71). The molecule has 0 radical (unpaired) electrons. The van der Waals surface area contributed by atoms with Gasteiger partial charge < -0.3 is 120 Å². The molecule has 14 N–H and O–H groups in total. The van der Waals surface area contributed by atoms with E-state index in [2.05, 4.69) is 31.9 Å². The first-order valence-electron chi connectivity index (χ1n) is 27.2. The summed E-state index contributed by atoms with van der Waals surface area (Å²) < 4.78 is 64.6. The molecule has 30 nitrogen and oxygen atoms in total. The van der Waals surface area contributed by atoms with Crippen LogP contribution in [0.4, 0.5) is 24.0 Å². The van der Waals surface area contributed by atoms with Crippen molar-refractivity contribution in [2.24, 2.45) is 5.73 Å². The molecule has 0 spiro atoms. The van der Waals surface area contributed by atoms with Crippen LogP contribution in [0.15, 0.2) is 12.2 Å². The molecule has 3 heterocycles. The highest BCUT2D eigenvalue weighted by molar-refractivity contribution is 5.81. The molecule has 18 atom stereocenters. The number of ether oxygens (including phenoxy) is 11. The van der Waals surface area contributed by atoms with Crippen LogP contribution in [0.3, 0.4) is 0 Å². The molecule has 472 valence electrons. The summed E-state index contributed by atoms with van der Waals surface area (Å²) in [6, 6.07) is -5.66. The number of aliphatic hydroxyl groups is 6. The maximum atomic E-state index is 13.8. The molecule has 3 fully saturated rings. The molecule has 6 amide bonds. The zero-order valence-corrected chi connectivity index (χ0v) is 49.5. The van der Waals surface area contributed by atoms with Gasteiger partial charge in [0.2, 0.25) is 5.91 Å². The van der Waals surface area contributed by atoms with Crippen molar-refractivity contribution >= 4 is 36.4 Å². The molecule has 4 rings (SSSR count). The van der Waals surface area contributed by atoms with Gasteiger partial charge >= 0.3 is 30.5 Å². The molecule has 0 aromatic rings. The summed E-state index contributed by atoms with van der Waals surface area (Å²) in [5.74, 6) is -1.04. The molecular weight excluding hydrogens is 1090 g/mol. The number of hydrogen-bond donors (Lipinski definition) is 13. The fourth-order valence-electron chi connectivity index (χ4n) is 8.67. The molecule has 2 saturated heterocycles. The number of aliphatic hydroxyl groups excluding tert-OH is 6. The maximum Gasteiger partial charge on any atom is 0.408 e. The molecule has 0 aromatic heterocycles. The Morgan fingerprint density at radius 2 is 1.02 bits per heavy atom. The largest absolute Gasteiger partial charge is 0.444 e. The third-order valence-electron chi connectivity index (χ3n) is 12.0. The number of carbonyl (C=O) groups is 6. The predicted octanol–water partition coefficient (Wildman–Crippen LogP) is -0.364. The maximum absolute atomic E-state index is 13.8. The molecule has 3 aliphatic heterocycles. The van der Waals surface area contributed by atoms with E-state index in [1.807, 2.05) is 0 Å². The van der Waals surface area contributed by atoms with E-state index in [9.17, 15) is 59.4 Å². The molecule has 18 unspecified atom stereocenters. The summed E-state index contributed by atoms with van der Waals surface area (Å²) in [7, 11) is 0. The summed E-state index contributed by atoms with van der Waals surface area (Å²) in [4.78, 5) is 78.9. The summed E-state index contributed by atoms with van der Waals surface area (Å²) >= 11 is 0. The predicted molar refractivity (Wildman–Crippen MR) is 285 cm³/mol. The number of rotatable bonds is 18. The highest BCUT2D eigenvalue weighted by atomic mass is 16.8. The van der Waals surface area contributed by atoms with Gasteiger partial charge in [0, 0.05) is 19.6 Å². The highest BCUT2D eigenvalue weighted by Crippen LogP contribution is 2.36. The van der Waals surface area contributed by atoms with Crippen molar-refractivity contribution in [3.05, 3.63) is 12.2 Å². The first kappa shape index (κ1) is 69.5. The second-order valence-corrected chi connectivity index (χ2v) is 25.3. The number of nitrogens with one attached hydrogen (secondary N) is 6. The fourth-order valence-corrected chi connectivity index (χ4v) is 8.67. The number of alkyl carbamates (subject to hydrolysis) is 5. The number of nitrogens with two attached hydrogens (primary N) is 1. The van der Waals surface area contributed by atoms with Crippen LogP contribution in [0.1, 0.15) is 117 Å². The molecule has 0 bridgehead atoms. The summed E-state index contributed by atoms with van der Waals surface area (Å²) in [6.45, 7) is 22.5. The topological polar surface area (TPSA) is 424 Å².